The van der Waals surface area contributed by atoms with Crippen LogP contribution in [0, 0.1) is 6.92 Å². The van der Waals surface area contributed by atoms with Crippen LogP contribution in [0.5, 0.6) is 0 Å². The van der Waals surface area contributed by atoms with Crippen LogP contribution in [0.2, 0.25) is 0 Å². The van der Waals surface area contributed by atoms with Gasteiger partial charge in [-0.25, -0.2) is 0 Å². The van der Waals surface area contributed by atoms with Gasteiger partial charge in [0.2, 0.25) is 0 Å². The normalized spacial score (nSPS) is 18.8. The monoisotopic (exact) mass is 246 g/mol. The van der Waals surface area contributed by atoms with Gasteiger partial charge in [-0.05, 0) is 51.2 Å². The zero-order valence-corrected chi connectivity index (χ0v) is 12.1. The van der Waals surface area contributed by atoms with Crippen LogP contribution in [0.3, 0.4) is 0 Å². The number of nitrogens with zero attached hydrogens (tertiary/aromatic N) is 1. The number of likely N-dealkylation sites (tertiary alicyclic amines) is 1. The fourth-order valence-corrected chi connectivity index (χ4v) is 3.25. The summed E-state index contributed by atoms with van der Waals surface area (Å²) in [4.78, 5) is 0. The van der Waals surface area contributed by atoms with Crippen LogP contribution in [0.25, 0.3) is 0 Å². The fraction of sp³-hybridized carbons (Fsp3) is 0.647. The summed E-state index contributed by atoms with van der Waals surface area (Å²) >= 11 is 0. The molecular formula is C17H28N+. The van der Waals surface area contributed by atoms with Crippen molar-refractivity contribution in [3.8, 4) is 0 Å². The maximum absolute atomic E-state index is 2.37. The van der Waals surface area contributed by atoms with Crippen LogP contribution in [0.1, 0.15) is 51.0 Å². The average molecular weight is 246 g/mol. The molecule has 0 spiro atoms. The highest BCUT2D eigenvalue weighted by atomic mass is 15.4. The zero-order chi connectivity index (χ0) is 12.8. The van der Waals surface area contributed by atoms with E-state index in [0.717, 1.165) is 0 Å². The summed E-state index contributed by atoms with van der Waals surface area (Å²) in [6.45, 7) is 8.53. The van der Waals surface area contributed by atoms with Gasteiger partial charge in [-0.1, -0.05) is 31.0 Å². The third-order valence-corrected chi connectivity index (χ3v) is 4.44. The first-order chi connectivity index (χ1) is 8.77. The summed E-state index contributed by atoms with van der Waals surface area (Å²) in [5, 5.41) is 0. The van der Waals surface area contributed by atoms with Crippen molar-refractivity contribution in [1.29, 1.82) is 0 Å². The third kappa shape index (κ3) is 3.14. The van der Waals surface area contributed by atoms with E-state index in [1.165, 1.54) is 68.2 Å². The average Bonchev–Trinajstić information content (AvgIpc) is 2.41. The molecule has 1 aromatic carbocycles. The van der Waals surface area contributed by atoms with Gasteiger partial charge in [0.1, 0.15) is 5.69 Å². The van der Waals surface area contributed by atoms with Crippen molar-refractivity contribution < 1.29 is 0 Å². The maximum Gasteiger partial charge on any atom is 0.132 e. The summed E-state index contributed by atoms with van der Waals surface area (Å²) < 4.78 is 1.25. The molecule has 2 rings (SSSR count). The van der Waals surface area contributed by atoms with E-state index in [1.807, 2.05) is 0 Å². The first-order valence-corrected chi connectivity index (χ1v) is 7.70. The lowest BCUT2D eigenvalue weighted by atomic mass is 10.0. The lowest BCUT2D eigenvalue weighted by Crippen LogP contribution is -2.53. The van der Waals surface area contributed by atoms with Crippen molar-refractivity contribution in [2.24, 2.45) is 0 Å². The molecule has 0 bridgehead atoms. The summed E-state index contributed by atoms with van der Waals surface area (Å²) in [6, 6.07) is 9.30. The predicted octanol–water partition coefficient (Wildman–Crippen LogP) is 4.68. The van der Waals surface area contributed by atoms with E-state index in [0.29, 0.717) is 0 Å². The molecule has 18 heavy (non-hydrogen) atoms. The number of benzene rings is 1. The van der Waals surface area contributed by atoms with E-state index in [4.69, 9.17) is 0 Å². The molecule has 1 aliphatic heterocycles. The molecular weight excluding hydrogens is 218 g/mol. The standard InChI is InChI=1S/C17H28N/c1-3-4-6-13-18(14-7-5-8-15-18)17-11-9-16(2)10-12-17/h9-12H,3-8,13-15H2,1-2H3/q+1. The number of rotatable bonds is 5. The molecule has 1 aromatic rings. The van der Waals surface area contributed by atoms with Gasteiger partial charge in [0, 0.05) is 0 Å². The second-order valence-corrected chi connectivity index (χ2v) is 5.92. The molecule has 1 heteroatoms. The Hall–Kier alpha value is -0.820. The number of aryl methyl sites for hydroxylation is 1. The van der Waals surface area contributed by atoms with E-state index in [9.17, 15) is 0 Å². The van der Waals surface area contributed by atoms with E-state index in [2.05, 4.69) is 38.1 Å². The highest BCUT2D eigenvalue weighted by Gasteiger charge is 2.31. The van der Waals surface area contributed by atoms with Gasteiger partial charge in [-0.15, -0.1) is 0 Å². The molecule has 0 radical (unpaired) electrons. The topological polar surface area (TPSA) is 0 Å². The van der Waals surface area contributed by atoms with Crippen molar-refractivity contribution in [1.82, 2.24) is 4.48 Å². The Morgan fingerprint density at radius 2 is 1.61 bits per heavy atom. The largest absolute Gasteiger partial charge is 0.291 e. The molecule has 1 aliphatic rings. The zero-order valence-electron chi connectivity index (χ0n) is 12.1. The molecule has 1 nitrogen and oxygen atoms in total. The van der Waals surface area contributed by atoms with Crippen molar-refractivity contribution >= 4 is 5.69 Å². The number of piperidine rings is 1. The van der Waals surface area contributed by atoms with Crippen molar-refractivity contribution in [3.63, 3.8) is 0 Å². The molecule has 0 unspecified atom stereocenters. The van der Waals surface area contributed by atoms with Gasteiger partial charge in [-0.3, -0.25) is 4.48 Å². The van der Waals surface area contributed by atoms with Crippen LogP contribution < -0.4 is 4.48 Å². The summed E-state index contributed by atoms with van der Waals surface area (Å²) in [7, 11) is 0. The van der Waals surface area contributed by atoms with Crippen LogP contribution in [-0.2, 0) is 0 Å². The Labute approximate surface area is 112 Å². The van der Waals surface area contributed by atoms with E-state index < -0.39 is 0 Å². The van der Waals surface area contributed by atoms with Crippen molar-refractivity contribution in [2.45, 2.75) is 52.4 Å². The highest BCUT2D eigenvalue weighted by Crippen LogP contribution is 2.29. The lowest BCUT2D eigenvalue weighted by Gasteiger charge is -2.41. The minimum absolute atomic E-state index is 1.25. The van der Waals surface area contributed by atoms with E-state index >= 15 is 0 Å². The molecule has 0 saturated carbocycles. The number of unbranched alkanes of at least 4 members (excludes halogenated alkanes) is 2. The summed E-state index contributed by atoms with van der Waals surface area (Å²) in [5.74, 6) is 0. The molecule has 0 N–H and O–H groups in total. The minimum atomic E-state index is 1.25. The van der Waals surface area contributed by atoms with Crippen LogP contribution in [0.4, 0.5) is 5.69 Å². The Morgan fingerprint density at radius 1 is 0.944 bits per heavy atom. The minimum Gasteiger partial charge on any atom is -0.291 e. The molecule has 0 amide bonds. The second kappa shape index (κ2) is 6.38. The van der Waals surface area contributed by atoms with Gasteiger partial charge in [0.05, 0.1) is 19.6 Å². The van der Waals surface area contributed by atoms with Gasteiger partial charge in [0.15, 0.2) is 0 Å². The van der Waals surface area contributed by atoms with Crippen LogP contribution in [-0.4, -0.2) is 19.6 Å². The fourth-order valence-electron chi connectivity index (χ4n) is 3.25. The molecule has 1 fully saturated rings. The van der Waals surface area contributed by atoms with Gasteiger partial charge < -0.3 is 0 Å². The second-order valence-electron chi connectivity index (χ2n) is 5.92. The molecule has 0 aromatic heterocycles. The van der Waals surface area contributed by atoms with Crippen molar-refractivity contribution in [3.05, 3.63) is 29.8 Å². The lowest BCUT2D eigenvalue weighted by molar-refractivity contribution is 0.224. The Morgan fingerprint density at radius 3 is 2.22 bits per heavy atom. The molecule has 0 atom stereocenters. The number of hydrogen-bond donors (Lipinski definition) is 0. The number of quaternary nitrogens is 1. The van der Waals surface area contributed by atoms with E-state index in [1.54, 1.807) is 5.69 Å². The smallest absolute Gasteiger partial charge is 0.132 e. The number of hydrogen-bond acceptors (Lipinski definition) is 0. The quantitative estimate of drug-likeness (QED) is 0.523. The first-order valence-electron chi connectivity index (χ1n) is 7.70. The van der Waals surface area contributed by atoms with Crippen LogP contribution in [0.15, 0.2) is 24.3 Å². The Bertz CT molecular complexity index is 346. The Kier molecular flexibility index (Phi) is 4.82. The summed E-state index contributed by atoms with van der Waals surface area (Å²) in [6.07, 6.45) is 8.32. The van der Waals surface area contributed by atoms with Gasteiger partial charge >= 0.3 is 0 Å². The molecule has 1 saturated heterocycles. The Balaban J connectivity index is 2.15. The SMILES string of the molecule is CCCCC[N+]1(c2ccc(C)cc2)CCCCC1. The predicted molar refractivity (Wildman–Crippen MR) is 81.0 cm³/mol. The van der Waals surface area contributed by atoms with E-state index in [-0.39, 0.29) is 0 Å². The maximum atomic E-state index is 2.37. The first kappa shape index (κ1) is 13.6. The molecule has 1 heterocycles. The highest BCUT2D eigenvalue weighted by molar-refractivity contribution is 5.44. The van der Waals surface area contributed by atoms with Gasteiger partial charge in [-0.2, -0.15) is 0 Å². The molecule has 0 aliphatic carbocycles. The summed E-state index contributed by atoms with van der Waals surface area (Å²) in [5.41, 5.74) is 2.93. The third-order valence-electron chi connectivity index (χ3n) is 4.44. The molecule has 100 valence electrons. The van der Waals surface area contributed by atoms with Crippen LogP contribution >= 0.6 is 0 Å². The van der Waals surface area contributed by atoms with Gasteiger partial charge in [0.25, 0.3) is 0 Å². The van der Waals surface area contributed by atoms with Crippen molar-refractivity contribution in [2.75, 3.05) is 19.6 Å².